The number of aryl methyl sites for hydroxylation is 1. The van der Waals surface area contributed by atoms with E-state index in [1.165, 1.54) is 5.56 Å². The normalized spacial score (nSPS) is 15.8. The molecule has 0 spiro atoms. The van der Waals surface area contributed by atoms with Crippen molar-refractivity contribution in [3.05, 3.63) is 108 Å². The molecule has 36 heavy (non-hydrogen) atoms. The molecule has 0 fully saturated rings. The first-order valence-electron chi connectivity index (χ1n) is 12.0. The fourth-order valence-electron chi connectivity index (χ4n) is 4.50. The van der Waals surface area contributed by atoms with E-state index < -0.39 is 0 Å². The maximum absolute atomic E-state index is 13.3. The van der Waals surface area contributed by atoms with Gasteiger partial charge in [-0.15, -0.1) is 11.8 Å². The van der Waals surface area contributed by atoms with Gasteiger partial charge in [-0.2, -0.15) is 4.98 Å². The molecule has 1 aliphatic heterocycles. The fraction of sp³-hybridized carbons (Fsp3) is 0.207. The molecule has 1 N–H and O–H groups in total. The number of nitrogens with zero attached hydrogens (tertiary/aromatic N) is 3. The van der Waals surface area contributed by atoms with Crippen LogP contribution in [0.2, 0.25) is 0 Å². The second kappa shape index (κ2) is 10.8. The van der Waals surface area contributed by atoms with Crippen molar-refractivity contribution < 1.29 is 9.32 Å². The molecule has 2 amide bonds. The van der Waals surface area contributed by atoms with Gasteiger partial charge in [0.1, 0.15) is 0 Å². The first-order valence-corrected chi connectivity index (χ1v) is 13.2. The predicted molar refractivity (Wildman–Crippen MR) is 143 cm³/mol. The summed E-state index contributed by atoms with van der Waals surface area (Å²) in [4.78, 5) is 21.0. The van der Waals surface area contributed by atoms with Crippen LogP contribution in [-0.4, -0.2) is 33.9 Å². The molecule has 0 bridgehead atoms. The number of carbonyl (C=O) groups excluding carboxylic acids is 1. The molecule has 2 heterocycles. The van der Waals surface area contributed by atoms with Gasteiger partial charge in [-0.05, 0) is 49.3 Å². The molecule has 182 valence electrons. The van der Waals surface area contributed by atoms with Gasteiger partial charge in [-0.1, -0.05) is 78.0 Å². The summed E-state index contributed by atoms with van der Waals surface area (Å²) in [6, 6.07) is 27.8. The highest BCUT2D eigenvalue weighted by molar-refractivity contribution is 7.98. The second-order valence-corrected chi connectivity index (χ2v) is 9.56. The predicted octanol–water partition coefficient (Wildman–Crippen LogP) is 6.59. The maximum Gasteiger partial charge on any atom is 0.322 e. The Hall–Kier alpha value is -3.84. The lowest BCUT2D eigenvalue weighted by molar-refractivity contribution is 0.204. The molecule has 1 aromatic heterocycles. The number of rotatable bonds is 8. The van der Waals surface area contributed by atoms with Crippen molar-refractivity contribution in [2.75, 3.05) is 12.8 Å². The third-order valence-electron chi connectivity index (χ3n) is 6.42. The van der Waals surface area contributed by atoms with Gasteiger partial charge in [-0.3, -0.25) is 4.90 Å². The zero-order valence-electron chi connectivity index (χ0n) is 20.3. The average Bonchev–Trinajstić information content (AvgIpc) is 3.41. The first kappa shape index (κ1) is 23.9. The lowest BCUT2D eigenvalue weighted by Crippen LogP contribution is -2.46. The van der Waals surface area contributed by atoms with Crippen LogP contribution in [0.1, 0.15) is 36.4 Å². The summed E-state index contributed by atoms with van der Waals surface area (Å²) < 4.78 is 5.78. The van der Waals surface area contributed by atoms with Crippen LogP contribution in [0.25, 0.3) is 17.0 Å². The molecular weight excluding hydrogens is 468 g/mol. The van der Waals surface area contributed by atoms with E-state index in [2.05, 4.69) is 34.7 Å². The lowest BCUT2D eigenvalue weighted by atomic mass is 9.94. The monoisotopic (exact) mass is 496 g/mol. The zero-order valence-corrected chi connectivity index (χ0v) is 21.2. The van der Waals surface area contributed by atoms with Crippen LogP contribution in [0.15, 0.2) is 100 Å². The molecule has 5 rings (SSSR count). The number of thioether (sulfide) groups is 1. The van der Waals surface area contributed by atoms with Gasteiger partial charge < -0.3 is 9.84 Å². The highest BCUT2D eigenvalue weighted by Gasteiger charge is 2.35. The van der Waals surface area contributed by atoms with Gasteiger partial charge >= 0.3 is 6.03 Å². The molecule has 0 saturated heterocycles. The van der Waals surface area contributed by atoms with Crippen molar-refractivity contribution in [1.82, 2.24) is 20.4 Å². The minimum Gasteiger partial charge on any atom is -0.334 e. The molecule has 1 atom stereocenters. The molecule has 4 aromatic rings. The van der Waals surface area contributed by atoms with Crippen LogP contribution < -0.4 is 5.32 Å². The Balaban J connectivity index is 1.49. The van der Waals surface area contributed by atoms with Crippen LogP contribution in [0, 0.1) is 0 Å². The van der Waals surface area contributed by atoms with Gasteiger partial charge in [0.05, 0.1) is 11.6 Å². The highest BCUT2D eigenvalue weighted by Crippen LogP contribution is 2.37. The Morgan fingerprint density at radius 3 is 2.36 bits per heavy atom. The van der Waals surface area contributed by atoms with Gasteiger partial charge in [0.2, 0.25) is 5.82 Å². The van der Waals surface area contributed by atoms with Crippen molar-refractivity contribution >= 4 is 23.4 Å². The number of nitrogens with one attached hydrogen (secondary N) is 1. The number of urea groups is 1. The number of allylic oxidation sites excluding steroid dienone is 1. The summed E-state index contributed by atoms with van der Waals surface area (Å²) in [7, 11) is 0. The quantitative estimate of drug-likeness (QED) is 0.279. The van der Waals surface area contributed by atoms with E-state index in [1.807, 2.05) is 73.8 Å². The van der Waals surface area contributed by atoms with Gasteiger partial charge in [0.15, 0.2) is 0 Å². The third-order valence-corrected chi connectivity index (χ3v) is 7.17. The van der Waals surface area contributed by atoms with Crippen LogP contribution in [0.4, 0.5) is 4.79 Å². The zero-order chi connectivity index (χ0) is 24.9. The summed E-state index contributed by atoms with van der Waals surface area (Å²) in [5.74, 6) is 0.938. The summed E-state index contributed by atoms with van der Waals surface area (Å²) in [6.07, 6.45) is 3.78. The molecule has 7 heteroatoms. The number of aromatic nitrogens is 2. The van der Waals surface area contributed by atoms with E-state index in [9.17, 15) is 4.79 Å². The molecular formula is C29H28N4O2S. The molecule has 0 saturated carbocycles. The summed E-state index contributed by atoms with van der Waals surface area (Å²) in [6.45, 7) is 2.56. The summed E-state index contributed by atoms with van der Waals surface area (Å²) >= 11 is 1.68. The van der Waals surface area contributed by atoms with Crippen LogP contribution in [0.5, 0.6) is 0 Å². The van der Waals surface area contributed by atoms with Crippen molar-refractivity contribution in [3.8, 4) is 11.4 Å². The minimum atomic E-state index is -0.386. The van der Waals surface area contributed by atoms with E-state index in [1.54, 1.807) is 16.7 Å². The Kier molecular flexibility index (Phi) is 7.18. The van der Waals surface area contributed by atoms with E-state index in [0.29, 0.717) is 18.3 Å². The average molecular weight is 497 g/mol. The SMILES string of the molecule is CSc1ccc(C2NC(=O)N(CCCc3ccccc3)C(C)=C2c2nc(-c3ccccc3)no2)cc1. The third kappa shape index (κ3) is 5.06. The van der Waals surface area contributed by atoms with Gasteiger partial charge in [0.25, 0.3) is 5.89 Å². The second-order valence-electron chi connectivity index (χ2n) is 8.68. The molecule has 0 radical (unpaired) electrons. The number of hydrogen-bond donors (Lipinski definition) is 1. The van der Waals surface area contributed by atoms with Gasteiger partial charge in [-0.25, -0.2) is 4.79 Å². The Bertz CT molecular complexity index is 1350. The Labute approximate surface area is 215 Å². The van der Waals surface area contributed by atoms with Crippen molar-refractivity contribution in [1.29, 1.82) is 0 Å². The van der Waals surface area contributed by atoms with E-state index in [4.69, 9.17) is 9.51 Å². The molecule has 1 unspecified atom stereocenters. The van der Waals surface area contributed by atoms with Crippen molar-refractivity contribution in [2.45, 2.75) is 30.7 Å². The topological polar surface area (TPSA) is 71.3 Å². The lowest BCUT2D eigenvalue weighted by Gasteiger charge is -2.35. The largest absolute Gasteiger partial charge is 0.334 e. The van der Waals surface area contributed by atoms with E-state index in [0.717, 1.165) is 40.1 Å². The molecule has 0 aliphatic carbocycles. The van der Waals surface area contributed by atoms with Crippen LogP contribution in [0.3, 0.4) is 0 Å². The maximum atomic E-state index is 13.3. The minimum absolute atomic E-state index is 0.119. The number of carbonyl (C=O) groups is 1. The fourth-order valence-corrected chi connectivity index (χ4v) is 4.91. The standard InChI is InChI=1S/C29H28N4O2S/c1-20-25(28-31-27(32-35-28)23-13-7-4-8-14-23)26(22-15-17-24(36-2)18-16-22)30-29(34)33(20)19-9-12-21-10-5-3-6-11-21/h3-8,10-11,13-18,26H,9,12,19H2,1-2H3,(H,30,34). The summed E-state index contributed by atoms with van der Waals surface area (Å²) in [5.41, 5.74) is 4.76. The smallest absolute Gasteiger partial charge is 0.322 e. The highest BCUT2D eigenvalue weighted by atomic mass is 32.2. The summed E-state index contributed by atoms with van der Waals surface area (Å²) in [5, 5.41) is 7.43. The number of hydrogen-bond acceptors (Lipinski definition) is 5. The first-order chi connectivity index (χ1) is 17.6. The van der Waals surface area contributed by atoms with Gasteiger partial charge in [0, 0.05) is 22.7 Å². The molecule has 1 aliphatic rings. The number of benzene rings is 3. The Morgan fingerprint density at radius 2 is 1.67 bits per heavy atom. The van der Waals surface area contributed by atoms with Crippen LogP contribution in [-0.2, 0) is 6.42 Å². The Morgan fingerprint density at radius 1 is 0.972 bits per heavy atom. The molecule has 6 nitrogen and oxygen atoms in total. The van der Waals surface area contributed by atoms with Crippen molar-refractivity contribution in [2.24, 2.45) is 0 Å². The van der Waals surface area contributed by atoms with Crippen LogP contribution >= 0.6 is 11.8 Å². The van der Waals surface area contributed by atoms with Crippen molar-refractivity contribution in [3.63, 3.8) is 0 Å². The molecule has 3 aromatic carbocycles. The van der Waals surface area contributed by atoms with E-state index in [-0.39, 0.29) is 12.1 Å². The number of amides is 2. The van der Waals surface area contributed by atoms with E-state index >= 15 is 0 Å².